The third-order valence-electron chi connectivity index (χ3n) is 4.62. The summed E-state index contributed by atoms with van der Waals surface area (Å²) in [7, 11) is 3.66. The van der Waals surface area contributed by atoms with Gasteiger partial charge in [-0.1, -0.05) is 55.8 Å². The summed E-state index contributed by atoms with van der Waals surface area (Å²) in [4.78, 5) is 0. The monoisotopic (exact) mass is 335 g/mol. The van der Waals surface area contributed by atoms with Crippen LogP contribution in [-0.4, -0.2) is 16.8 Å². The van der Waals surface area contributed by atoms with Gasteiger partial charge in [0.2, 0.25) is 0 Å². The second-order valence-electron chi connectivity index (χ2n) is 6.24. The van der Waals surface area contributed by atoms with Gasteiger partial charge in [0, 0.05) is 23.5 Å². The lowest BCUT2D eigenvalue weighted by molar-refractivity contribution is 0.211. The number of hydrogen-bond acceptors (Lipinski definition) is 2. The molecule has 3 aromatic rings. The Bertz CT molecular complexity index is 875. The number of para-hydroxylation sites is 1. The van der Waals surface area contributed by atoms with Gasteiger partial charge in [-0.25, -0.2) is 0 Å². The van der Waals surface area contributed by atoms with Gasteiger partial charge < -0.3 is 14.4 Å². The Kier molecular flexibility index (Phi) is 5.25. The summed E-state index contributed by atoms with van der Waals surface area (Å²) in [5, 5.41) is 12.2. The number of benzene rings is 2. The quantitative estimate of drug-likeness (QED) is 0.681. The molecule has 3 heteroatoms. The van der Waals surface area contributed by atoms with Crippen molar-refractivity contribution in [3.05, 3.63) is 71.4 Å². The number of rotatable bonds is 6. The smallest absolute Gasteiger partial charge is 0.120 e. The van der Waals surface area contributed by atoms with E-state index in [1.807, 2.05) is 43.4 Å². The Labute approximate surface area is 149 Å². The molecular formula is C22H25NO2. The lowest BCUT2D eigenvalue weighted by Gasteiger charge is -2.15. The van der Waals surface area contributed by atoms with Crippen LogP contribution in [0.1, 0.15) is 42.7 Å². The molecule has 0 saturated heterocycles. The van der Waals surface area contributed by atoms with Crippen LogP contribution in [0.3, 0.4) is 0 Å². The summed E-state index contributed by atoms with van der Waals surface area (Å²) < 4.78 is 7.31. The molecule has 0 aliphatic heterocycles. The number of aryl methyl sites for hydroxylation is 1. The predicted octanol–water partition coefficient (Wildman–Crippen LogP) is 5.08. The summed E-state index contributed by atoms with van der Waals surface area (Å²) in [6.07, 6.45) is 5.78. The van der Waals surface area contributed by atoms with Crippen molar-refractivity contribution >= 4 is 17.0 Å². The third kappa shape index (κ3) is 3.33. The van der Waals surface area contributed by atoms with Crippen molar-refractivity contribution in [3.63, 3.8) is 0 Å². The Morgan fingerprint density at radius 3 is 2.52 bits per heavy atom. The van der Waals surface area contributed by atoms with Crippen LogP contribution in [-0.2, 0) is 7.05 Å². The molecule has 1 heterocycles. The molecule has 0 aliphatic rings. The summed E-state index contributed by atoms with van der Waals surface area (Å²) in [6, 6.07) is 15.9. The minimum atomic E-state index is -0.690. The van der Waals surface area contributed by atoms with Crippen molar-refractivity contribution in [2.24, 2.45) is 7.05 Å². The van der Waals surface area contributed by atoms with Crippen molar-refractivity contribution in [1.82, 2.24) is 4.57 Å². The molecule has 1 aromatic heterocycles. The average Bonchev–Trinajstić information content (AvgIpc) is 2.94. The molecule has 1 N–H and O–H groups in total. The highest BCUT2D eigenvalue weighted by Crippen LogP contribution is 2.34. The van der Waals surface area contributed by atoms with Crippen LogP contribution in [0, 0.1) is 0 Å². The summed E-state index contributed by atoms with van der Waals surface area (Å²) in [6.45, 7) is 2.17. The normalized spacial score (nSPS) is 12.8. The van der Waals surface area contributed by atoms with Gasteiger partial charge in [0.25, 0.3) is 0 Å². The van der Waals surface area contributed by atoms with Crippen molar-refractivity contribution < 1.29 is 9.84 Å². The van der Waals surface area contributed by atoms with Gasteiger partial charge in [-0.15, -0.1) is 0 Å². The maximum Gasteiger partial charge on any atom is 0.120 e. The highest BCUT2D eigenvalue weighted by molar-refractivity contribution is 5.91. The van der Waals surface area contributed by atoms with Crippen molar-refractivity contribution in [2.75, 3.05) is 7.11 Å². The molecular weight excluding hydrogens is 310 g/mol. The highest BCUT2D eigenvalue weighted by atomic mass is 16.5. The summed E-state index contributed by atoms with van der Waals surface area (Å²) in [5.41, 5.74) is 3.99. The standard InChI is InChI=1S/C22H25NO2/c1-4-5-6-10-19-18-9-7-8-11-20(18)23(2)21(19)22(24)16-12-14-17(25-3)15-13-16/h6-15,22,24H,4-5H2,1-3H3/b10-6+. The maximum absolute atomic E-state index is 11.1. The molecule has 0 bridgehead atoms. The number of aliphatic hydroxyl groups is 1. The van der Waals surface area contributed by atoms with Crippen LogP contribution in [0.4, 0.5) is 0 Å². The number of hydrogen-bond donors (Lipinski definition) is 1. The lowest BCUT2D eigenvalue weighted by atomic mass is 10.0. The molecule has 0 spiro atoms. The Balaban J connectivity index is 2.12. The van der Waals surface area contributed by atoms with Crippen molar-refractivity contribution in [3.8, 4) is 5.75 Å². The van der Waals surface area contributed by atoms with Crippen LogP contribution in [0.15, 0.2) is 54.6 Å². The topological polar surface area (TPSA) is 34.4 Å². The highest BCUT2D eigenvalue weighted by Gasteiger charge is 2.21. The SMILES string of the molecule is CCC/C=C/c1c(C(O)c2ccc(OC)cc2)n(C)c2ccccc12. The molecule has 130 valence electrons. The van der Waals surface area contributed by atoms with E-state index in [4.69, 9.17) is 4.74 Å². The minimum absolute atomic E-state index is 0.690. The molecule has 25 heavy (non-hydrogen) atoms. The van der Waals surface area contributed by atoms with E-state index in [0.29, 0.717) is 0 Å². The number of aliphatic hydroxyl groups excluding tert-OH is 1. The molecule has 1 atom stereocenters. The molecule has 1 unspecified atom stereocenters. The summed E-state index contributed by atoms with van der Waals surface area (Å²) >= 11 is 0. The largest absolute Gasteiger partial charge is 0.497 e. The van der Waals surface area contributed by atoms with Crippen LogP contribution in [0.5, 0.6) is 5.75 Å². The zero-order valence-corrected chi connectivity index (χ0v) is 15.1. The van der Waals surface area contributed by atoms with E-state index in [-0.39, 0.29) is 0 Å². The molecule has 0 amide bonds. The van der Waals surface area contributed by atoms with Gasteiger partial charge in [0.1, 0.15) is 11.9 Å². The predicted molar refractivity (Wildman–Crippen MR) is 104 cm³/mol. The number of ether oxygens (including phenoxy) is 1. The molecule has 0 radical (unpaired) electrons. The molecule has 0 aliphatic carbocycles. The first-order chi connectivity index (χ1) is 12.2. The zero-order chi connectivity index (χ0) is 17.8. The molecule has 0 fully saturated rings. The van der Waals surface area contributed by atoms with Crippen molar-refractivity contribution in [2.45, 2.75) is 25.9 Å². The van der Waals surface area contributed by atoms with E-state index < -0.39 is 6.10 Å². The van der Waals surface area contributed by atoms with Crippen LogP contribution >= 0.6 is 0 Å². The third-order valence-corrected chi connectivity index (χ3v) is 4.62. The summed E-state index contributed by atoms with van der Waals surface area (Å²) in [5.74, 6) is 0.788. The number of allylic oxidation sites excluding steroid dienone is 1. The van der Waals surface area contributed by atoms with E-state index in [2.05, 4.69) is 35.8 Å². The second-order valence-corrected chi connectivity index (χ2v) is 6.24. The first kappa shape index (κ1) is 17.3. The van der Waals surface area contributed by atoms with Crippen molar-refractivity contribution in [1.29, 1.82) is 0 Å². The van der Waals surface area contributed by atoms with Gasteiger partial charge in [0.05, 0.1) is 12.8 Å². The fourth-order valence-electron chi connectivity index (χ4n) is 3.26. The zero-order valence-electron chi connectivity index (χ0n) is 15.1. The number of unbranched alkanes of at least 4 members (excludes halogenated alkanes) is 1. The van der Waals surface area contributed by atoms with E-state index in [9.17, 15) is 5.11 Å². The minimum Gasteiger partial charge on any atom is -0.497 e. The number of aromatic nitrogens is 1. The molecule has 3 nitrogen and oxygen atoms in total. The van der Waals surface area contributed by atoms with E-state index in [1.165, 1.54) is 5.39 Å². The fourth-order valence-corrected chi connectivity index (χ4v) is 3.26. The number of methoxy groups -OCH3 is 1. The average molecular weight is 335 g/mol. The first-order valence-corrected chi connectivity index (χ1v) is 8.73. The van der Waals surface area contributed by atoms with Gasteiger partial charge in [-0.3, -0.25) is 0 Å². The van der Waals surface area contributed by atoms with Gasteiger partial charge in [-0.05, 0) is 30.2 Å². The van der Waals surface area contributed by atoms with Gasteiger partial charge in [-0.2, -0.15) is 0 Å². The number of fused-ring (bicyclic) bond motifs is 1. The van der Waals surface area contributed by atoms with E-state index in [1.54, 1.807) is 7.11 Å². The Morgan fingerprint density at radius 1 is 1.12 bits per heavy atom. The van der Waals surface area contributed by atoms with Crippen LogP contribution < -0.4 is 4.74 Å². The molecule has 3 rings (SSSR count). The fraction of sp³-hybridized carbons (Fsp3) is 0.273. The van der Waals surface area contributed by atoms with Crippen LogP contribution in [0.25, 0.3) is 17.0 Å². The maximum atomic E-state index is 11.1. The van der Waals surface area contributed by atoms with Crippen LogP contribution in [0.2, 0.25) is 0 Å². The number of nitrogens with zero attached hydrogens (tertiary/aromatic N) is 1. The molecule has 2 aromatic carbocycles. The van der Waals surface area contributed by atoms with Gasteiger partial charge >= 0.3 is 0 Å². The van der Waals surface area contributed by atoms with Gasteiger partial charge in [0.15, 0.2) is 0 Å². The molecule has 0 saturated carbocycles. The Hall–Kier alpha value is -2.52. The Morgan fingerprint density at radius 2 is 1.84 bits per heavy atom. The first-order valence-electron chi connectivity index (χ1n) is 8.73. The van der Waals surface area contributed by atoms with E-state index >= 15 is 0 Å². The lowest BCUT2D eigenvalue weighted by Crippen LogP contribution is -2.07. The second kappa shape index (κ2) is 7.58. The van der Waals surface area contributed by atoms with E-state index in [0.717, 1.165) is 40.9 Å².